The summed E-state index contributed by atoms with van der Waals surface area (Å²) in [5.74, 6) is 3.18. The number of unbranched alkanes of at least 4 members (excludes halogenated alkanes) is 18. The monoisotopic (exact) mass is 574 g/mol. The molecule has 0 saturated carbocycles. The maximum atomic E-state index is 12.0. The van der Waals surface area contributed by atoms with Crippen LogP contribution in [0.4, 0.5) is 0 Å². The molecular formula is C32H62O4S2. The molecule has 0 aliphatic heterocycles. The van der Waals surface area contributed by atoms with Gasteiger partial charge in [0, 0.05) is 18.4 Å². The van der Waals surface area contributed by atoms with Crippen LogP contribution in [0.1, 0.15) is 162 Å². The predicted molar refractivity (Wildman–Crippen MR) is 169 cm³/mol. The van der Waals surface area contributed by atoms with Crippen LogP contribution >= 0.6 is 23.5 Å². The Hall–Kier alpha value is -0.360. The van der Waals surface area contributed by atoms with E-state index in [1.54, 1.807) is 6.92 Å². The summed E-state index contributed by atoms with van der Waals surface area (Å²) in [5, 5.41) is 0. The molecule has 6 heteroatoms. The second-order valence-electron chi connectivity index (χ2n) is 10.6. The summed E-state index contributed by atoms with van der Waals surface area (Å²) in [5.41, 5.74) is 0. The minimum absolute atomic E-state index is 0.281. The third-order valence-corrected chi connectivity index (χ3v) is 8.92. The van der Waals surface area contributed by atoms with E-state index in [4.69, 9.17) is 9.47 Å². The summed E-state index contributed by atoms with van der Waals surface area (Å²) < 4.78 is 10.5. The van der Waals surface area contributed by atoms with Crippen molar-refractivity contribution in [3.05, 3.63) is 0 Å². The third-order valence-electron chi connectivity index (χ3n) is 6.78. The van der Waals surface area contributed by atoms with Crippen LogP contribution in [0.3, 0.4) is 0 Å². The first-order valence-electron chi connectivity index (χ1n) is 16.1. The fraction of sp³-hybridized carbons (Fsp3) is 0.938. The lowest BCUT2D eigenvalue weighted by molar-refractivity contribution is -0.183. The second kappa shape index (κ2) is 31.2. The Labute approximate surface area is 245 Å². The summed E-state index contributed by atoms with van der Waals surface area (Å²) in [6, 6.07) is 0. The molecule has 0 fully saturated rings. The summed E-state index contributed by atoms with van der Waals surface area (Å²) >= 11 is 3.63. The van der Waals surface area contributed by atoms with Gasteiger partial charge in [-0.1, -0.05) is 129 Å². The van der Waals surface area contributed by atoms with E-state index >= 15 is 0 Å². The van der Waals surface area contributed by atoms with Crippen LogP contribution < -0.4 is 0 Å². The summed E-state index contributed by atoms with van der Waals surface area (Å²) in [6.07, 6.45) is 26.9. The summed E-state index contributed by atoms with van der Waals surface area (Å²) in [6.45, 7) is 6.16. The van der Waals surface area contributed by atoms with Crippen LogP contribution in [0.15, 0.2) is 0 Å². The molecule has 0 N–H and O–H groups in total. The van der Waals surface area contributed by atoms with Crippen molar-refractivity contribution in [3.63, 3.8) is 0 Å². The van der Waals surface area contributed by atoms with Gasteiger partial charge in [-0.05, 0) is 24.3 Å². The van der Waals surface area contributed by atoms with Crippen molar-refractivity contribution < 1.29 is 19.1 Å². The number of hydrogen-bond donors (Lipinski definition) is 0. The zero-order chi connectivity index (χ0) is 27.9. The lowest BCUT2D eigenvalue weighted by Gasteiger charge is -2.14. The maximum Gasteiger partial charge on any atom is 0.309 e. The van der Waals surface area contributed by atoms with E-state index in [9.17, 15) is 9.59 Å². The van der Waals surface area contributed by atoms with Crippen molar-refractivity contribution >= 4 is 35.5 Å². The van der Waals surface area contributed by atoms with Gasteiger partial charge in [-0.15, -0.1) is 0 Å². The van der Waals surface area contributed by atoms with E-state index in [-0.39, 0.29) is 11.9 Å². The molecule has 0 aromatic rings. The van der Waals surface area contributed by atoms with Gasteiger partial charge in [0.2, 0.25) is 6.29 Å². The number of thioether (sulfide) groups is 2. The van der Waals surface area contributed by atoms with Gasteiger partial charge in [-0.2, -0.15) is 23.5 Å². The van der Waals surface area contributed by atoms with Crippen LogP contribution in [-0.2, 0) is 19.1 Å². The second-order valence-corrected chi connectivity index (χ2v) is 13.1. The molecule has 0 radical (unpaired) electrons. The Bertz CT molecular complexity index is 472. The number of ether oxygens (including phenoxy) is 2. The molecule has 0 spiro atoms. The smallest absolute Gasteiger partial charge is 0.309 e. The molecule has 0 heterocycles. The molecule has 0 bridgehead atoms. The molecule has 0 unspecified atom stereocenters. The molecule has 4 nitrogen and oxygen atoms in total. The highest BCUT2D eigenvalue weighted by Gasteiger charge is 2.14. The summed E-state index contributed by atoms with van der Waals surface area (Å²) in [7, 11) is 0. The normalized spacial score (nSPS) is 11.3. The van der Waals surface area contributed by atoms with E-state index in [0.717, 1.165) is 23.0 Å². The van der Waals surface area contributed by atoms with Gasteiger partial charge >= 0.3 is 11.9 Å². The Morgan fingerprint density at radius 2 is 0.763 bits per heavy atom. The minimum atomic E-state index is -0.797. The standard InChI is InChI=1S/C32H62O4S2/c1-4-6-8-10-12-14-16-18-20-22-26-37-28-24-31(33)35-30(3)36-32(34)25-29-38-27-23-21-19-17-15-13-11-9-7-5-2/h30H,4-29H2,1-3H3. The largest absolute Gasteiger partial charge is 0.425 e. The summed E-state index contributed by atoms with van der Waals surface area (Å²) in [4.78, 5) is 24.0. The molecule has 0 aromatic heterocycles. The van der Waals surface area contributed by atoms with Crippen molar-refractivity contribution in [2.75, 3.05) is 23.0 Å². The zero-order valence-electron chi connectivity index (χ0n) is 25.4. The van der Waals surface area contributed by atoms with Crippen molar-refractivity contribution in [1.82, 2.24) is 0 Å². The molecular weight excluding hydrogens is 512 g/mol. The van der Waals surface area contributed by atoms with E-state index < -0.39 is 6.29 Å². The number of carbonyl (C=O) groups excluding carboxylic acids is 2. The highest BCUT2D eigenvalue weighted by atomic mass is 32.2. The Balaban J connectivity index is 3.42. The maximum absolute atomic E-state index is 12.0. The first-order chi connectivity index (χ1) is 18.6. The van der Waals surface area contributed by atoms with Crippen LogP contribution in [0.2, 0.25) is 0 Å². The van der Waals surface area contributed by atoms with Gasteiger partial charge in [0.15, 0.2) is 0 Å². The highest BCUT2D eigenvalue weighted by molar-refractivity contribution is 7.99. The van der Waals surface area contributed by atoms with E-state index in [1.807, 2.05) is 23.5 Å². The first-order valence-corrected chi connectivity index (χ1v) is 18.5. The van der Waals surface area contributed by atoms with E-state index in [0.29, 0.717) is 12.8 Å². The molecule has 0 saturated heterocycles. The van der Waals surface area contributed by atoms with Crippen LogP contribution in [0, 0.1) is 0 Å². The van der Waals surface area contributed by atoms with Gasteiger partial charge in [-0.25, -0.2) is 0 Å². The average molecular weight is 575 g/mol. The number of esters is 2. The fourth-order valence-corrected chi connectivity index (χ4v) is 6.26. The number of hydrogen-bond acceptors (Lipinski definition) is 6. The molecule has 0 amide bonds. The minimum Gasteiger partial charge on any atom is -0.425 e. The Morgan fingerprint density at radius 1 is 0.474 bits per heavy atom. The molecule has 0 aliphatic rings. The first kappa shape index (κ1) is 37.6. The lowest BCUT2D eigenvalue weighted by atomic mass is 10.1. The number of carbonyl (C=O) groups is 2. The predicted octanol–water partition coefficient (Wildman–Crippen LogP) is 10.5. The molecule has 0 aromatic carbocycles. The van der Waals surface area contributed by atoms with Crippen molar-refractivity contribution in [1.29, 1.82) is 0 Å². The highest BCUT2D eigenvalue weighted by Crippen LogP contribution is 2.15. The van der Waals surface area contributed by atoms with Crippen LogP contribution in [-0.4, -0.2) is 41.2 Å². The zero-order valence-corrected chi connectivity index (χ0v) is 27.0. The van der Waals surface area contributed by atoms with Crippen molar-refractivity contribution in [3.8, 4) is 0 Å². The molecule has 0 atom stereocenters. The van der Waals surface area contributed by atoms with Crippen molar-refractivity contribution in [2.45, 2.75) is 168 Å². The quantitative estimate of drug-likeness (QED) is 0.0483. The van der Waals surface area contributed by atoms with Gasteiger partial charge in [0.25, 0.3) is 0 Å². The van der Waals surface area contributed by atoms with Crippen molar-refractivity contribution in [2.24, 2.45) is 0 Å². The Kier molecular flexibility index (Phi) is 30.9. The number of rotatable bonds is 30. The van der Waals surface area contributed by atoms with Crippen LogP contribution in [0.5, 0.6) is 0 Å². The van der Waals surface area contributed by atoms with E-state index in [2.05, 4.69) is 13.8 Å². The third kappa shape index (κ3) is 30.2. The lowest BCUT2D eigenvalue weighted by Crippen LogP contribution is -2.22. The Morgan fingerprint density at radius 3 is 1.08 bits per heavy atom. The fourth-order valence-electron chi connectivity index (χ4n) is 4.41. The molecule has 0 rings (SSSR count). The van der Waals surface area contributed by atoms with Gasteiger partial charge < -0.3 is 9.47 Å². The van der Waals surface area contributed by atoms with Gasteiger partial charge in [0.1, 0.15) is 0 Å². The topological polar surface area (TPSA) is 52.6 Å². The molecule has 0 aliphatic carbocycles. The molecule has 226 valence electrons. The van der Waals surface area contributed by atoms with Crippen LogP contribution in [0.25, 0.3) is 0 Å². The molecule has 38 heavy (non-hydrogen) atoms. The van der Waals surface area contributed by atoms with E-state index in [1.165, 1.54) is 128 Å². The SMILES string of the molecule is CCCCCCCCCCCCSCCC(=O)OC(C)OC(=O)CCSCCCCCCCCCCCC. The van der Waals surface area contributed by atoms with Gasteiger partial charge in [-0.3, -0.25) is 9.59 Å². The average Bonchev–Trinajstić information content (AvgIpc) is 2.89. The van der Waals surface area contributed by atoms with Gasteiger partial charge in [0.05, 0.1) is 12.8 Å².